The van der Waals surface area contributed by atoms with Gasteiger partial charge in [0.2, 0.25) is 0 Å². The Bertz CT molecular complexity index is 428. The van der Waals surface area contributed by atoms with Gasteiger partial charge < -0.3 is 9.47 Å². The van der Waals surface area contributed by atoms with Gasteiger partial charge in [-0.25, -0.2) is 9.97 Å². The van der Waals surface area contributed by atoms with E-state index in [9.17, 15) is 0 Å². The van der Waals surface area contributed by atoms with Gasteiger partial charge in [-0.05, 0) is 31.2 Å². The Hall–Kier alpha value is -1.46. The van der Waals surface area contributed by atoms with Gasteiger partial charge in [0.25, 0.3) is 0 Å². The van der Waals surface area contributed by atoms with Gasteiger partial charge in [0, 0.05) is 38.6 Å². The second-order valence-corrected chi connectivity index (χ2v) is 5.60. The standard InChI is InChI=1S/C17H27N3O2/c1-3-5-7-16(14-20-8-6-10-21-11-9-20)22-17-18-12-15(4-2)13-19-17/h3,12-13,16H,1,4-11,14H2,2H3/t16-/m0/s1. The van der Waals surface area contributed by atoms with E-state index in [1.54, 1.807) is 0 Å². The second kappa shape index (κ2) is 9.54. The Morgan fingerprint density at radius 3 is 2.91 bits per heavy atom. The molecule has 5 heteroatoms. The Kier molecular flexibility index (Phi) is 7.33. The molecule has 1 aliphatic rings. The maximum absolute atomic E-state index is 6.01. The van der Waals surface area contributed by atoms with Crippen molar-refractivity contribution in [3.63, 3.8) is 0 Å². The fourth-order valence-corrected chi connectivity index (χ4v) is 2.49. The lowest BCUT2D eigenvalue weighted by Gasteiger charge is -2.25. The van der Waals surface area contributed by atoms with Gasteiger partial charge in [-0.15, -0.1) is 6.58 Å². The van der Waals surface area contributed by atoms with Crippen molar-refractivity contribution in [2.45, 2.75) is 38.7 Å². The zero-order valence-corrected chi connectivity index (χ0v) is 13.5. The summed E-state index contributed by atoms with van der Waals surface area (Å²) in [6.45, 7) is 10.5. The monoisotopic (exact) mass is 305 g/mol. The van der Waals surface area contributed by atoms with Gasteiger partial charge in [0.05, 0.1) is 6.61 Å². The number of ether oxygens (including phenoxy) is 2. The van der Waals surface area contributed by atoms with Gasteiger partial charge in [-0.1, -0.05) is 13.0 Å². The van der Waals surface area contributed by atoms with Crippen LogP contribution in [-0.2, 0) is 11.2 Å². The largest absolute Gasteiger partial charge is 0.459 e. The third kappa shape index (κ3) is 5.73. The highest BCUT2D eigenvalue weighted by atomic mass is 16.5. The lowest BCUT2D eigenvalue weighted by atomic mass is 10.2. The van der Waals surface area contributed by atoms with E-state index < -0.39 is 0 Å². The van der Waals surface area contributed by atoms with E-state index in [1.807, 2.05) is 18.5 Å². The maximum atomic E-state index is 6.01. The van der Waals surface area contributed by atoms with Crippen molar-refractivity contribution in [1.82, 2.24) is 14.9 Å². The average Bonchev–Trinajstić information content (AvgIpc) is 2.82. The number of rotatable bonds is 8. The number of hydrogen-bond donors (Lipinski definition) is 0. The lowest BCUT2D eigenvalue weighted by molar-refractivity contribution is 0.106. The van der Waals surface area contributed by atoms with E-state index in [0.717, 1.165) is 64.1 Å². The van der Waals surface area contributed by atoms with E-state index in [0.29, 0.717) is 6.01 Å². The molecule has 1 fully saturated rings. The minimum Gasteiger partial charge on any atom is -0.459 e. The number of hydrogen-bond acceptors (Lipinski definition) is 5. The van der Waals surface area contributed by atoms with Crippen molar-refractivity contribution in [3.8, 4) is 6.01 Å². The van der Waals surface area contributed by atoms with Crippen LogP contribution in [0.4, 0.5) is 0 Å². The molecule has 1 aromatic rings. The van der Waals surface area contributed by atoms with Crippen LogP contribution < -0.4 is 4.74 Å². The molecule has 122 valence electrons. The SMILES string of the molecule is C=CCC[C@@H](CN1CCCOCC1)Oc1ncc(CC)cn1. The maximum Gasteiger partial charge on any atom is 0.316 e. The Morgan fingerprint density at radius 2 is 2.18 bits per heavy atom. The summed E-state index contributed by atoms with van der Waals surface area (Å²) in [4.78, 5) is 11.0. The van der Waals surface area contributed by atoms with Crippen LogP contribution in [0.25, 0.3) is 0 Å². The van der Waals surface area contributed by atoms with E-state index >= 15 is 0 Å². The summed E-state index contributed by atoms with van der Waals surface area (Å²) >= 11 is 0. The highest BCUT2D eigenvalue weighted by Crippen LogP contribution is 2.12. The van der Waals surface area contributed by atoms with E-state index in [-0.39, 0.29) is 6.10 Å². The predicted octanol–water partition coefficient (Wildman–Crippen LogP) is 2.47. The van der Waals surface area contributed by atoms with Crippen molar-refractivity contribution < 1.29 is 9.47 Å². The molecule has 2 heterocycles. The Balaban J connectivity index is 1.92. The van der Waals surface area contributed by atoms with Gasteiger partial charge in [-0.2, -0.15) is 0 Å². The normalized spacial score (nSPS) is 17.7. The van der Waals surface area contributed by atoms with Crippen LogP contribution in [0.1, 0.15) is 31.7 Å². The summed E-state index contributed by atoms with van der Waals surface area (Å²) in [5.41, 5.74) is 1.12. The fraction of sp³-hybridized carbons (Fsp3) is 0.647. The van der Waals surface area contributed by atoms with Gasteiger partial charge in [0.1, 0.15) is 6.10 Å². The van der Waals surface area contributed by atoms with Crippen molar-refractivity contribution in [2.75, 3.05) is 32.8 Å². The molecule has 1 aromatic heterocycles. The summed E-state index contributed by atoms with van der Waals surface area (Å²) in [7, 11) is 0. The van der Waals surface area contributed by atoms with Crippen LogP contribution in [0.15, 0.2) is 25.0 Å². The molecule has 22 heavy (non-hydrogen) atoms. The molecule has 5 nitrogen and oxygen atoms in total. The van der Waals surface area contributed by atoms with E-state index in [1.165, 1.54) is 0 Å². The van der Waals surface area contributed by atoms with Gasteiger partial charge in [0.15, 0.2) is 0 Å². The zero-order valence-electron chi connectivity index (χ0n) is 13.5. The topological polar surface area (TPSA) is 47.5 Å². The number of aromatic nitrogens is 2. The molecule has 1 saturated heterocycles. The first-order valence-electron chi connectivity index (χ1n) is 8.20. The van der Waals surface area contributed by atoms with Crippen LogP contribution in [0.5, 0.6) is 6.01 Å². The smallest absolute Gasteiger partial charge is 0.316 e. The lowest BCUT2D eigenvalue weighted by Crippen LogP contribution is -2.37. The quantitative estimate of drug-likeness (QED) is 0.691. The van der Waals surface area contributed by atoms with E-state index in [2.05, 4.69) is 28.4 Å². The molecule has 0 aromatic carbocycles. The molecule has 1 aliphatic heterocycles. The zero-order chi connectivity index (χ0) is 15.6. The molecular formula is C17H27N3O2. The third-order valence-electron chi connectivity index (χ3n) is 3.83. The van der Waals surface area contributed by atoms with Crippen LogP contribution in [0.3, 0.4) is 0 Å². The van der Waals surface area contributed by atoms with Crippen molar-refractivity contribution in [2.24, 2.45) is 0 Å². The van der Waals surface area contributed by atoms with Gasteiger partial charge >= 0.3 is 6.01 Å². The minimum absolute atomic E-state index is 0.0866. The average molecular weight is 305 g/mol. The first-order chi connectivity index (χ1) is 10.8. The van der Waals surface area contributed by atoms with Crippen LogP contribution in [0, 0.1) is 0 Å². The van der Waals surface area contributed by atoms with Crippen LogP contribution >= 0.6 is 0 Å². The summed E-state index contributed by atoms with van der Waals surface area (Å²) in [5, 5.41) is 0. The molecule has 0 aliphatic carbocycles. The highest BCUT2D eigenvalue weighted by molar-refractivity contribution is 5.07. The van der Waals surface area contributed by atoms with E-state index in [4.69, 9.17) is 9.47 Å². The molecule has 0 spiro atoms. The van der Waals surface area contributed by atoms with Gasteiger partial charge in [-0.3, -0.25) is 4.90 Å². The molecule has 0 saturated carbocycles. The highest BCUT2D eigenvalue weighted by Gasteiger charge is 2.18. The Morgan fingerprint density at radius 1 is 1.36 bits per heavy atom. The number of allylic oxidation sites excluding steroid dienone is 1. The number of nitrogens with zero attached hydrogens (tertiary/aromatic N) is 3. The molecule has 2 rings (SSSR count). The fourth-order valence-electron chi connectivity index (χ4n) is 2.49. The molecule has 0 radical (unpaired) electrons. The summed E-state index contributed by atoms with van der Waals surface area (Å²) in [6.07, 6.45) is 9.58. The van der Waals surface area contributed by atoms with Crippen molar-refractivity contribution >= 4 is 0 Å². The second-order valence-electron chi connectivity index (χ2n) is 5.60. The minimum atomic E-state index is 0.0866. The first kappa shape index (κ1) is 16.9. The summed E-state index contributed by atoms with van der Waals surface area (Å²) in [5.74, 6) is 0. The van der Waals surface area contributed by atoms with Crippen LogP contribution in [-0.4, -0.2) is 53.8 Å². The summed E-state index contributed by atoms with van der Waals surface area (Å²) < 4.78 is 11.5. The van der Waals surface area contributed by atoms with Crippen molar-refractivity contribution in [3.05, 3.63) is 30.6 Å². The van der Waals surface area contributed by atoms with Crippen molar-refractivity contribution in [1.29, 1.82) is 0 Å². The predicted molar refractivity (Wildman–Crippen MR) is 87.1 cm³/mol. The molecular weight excluding hydrogens is 278 g/mol. The molecule has 0 N–H and O–H groups in total. The molecule has 0 bridgehead atoms. The molecule has 0 amide bonds. The van der Waals surface area contributed by atoms with Crippen LogP contribution in [0.2, 0.25) is 0 Å². The summed E-state index contributed by atoms with van der Waals surface area (Å²) in [6, 6.07) is 0.470. The first-order valence-corrected chi connectivity index (χ1v) is 8.20. The Labute approximate surface area is 133 Å². The third-order valence-corrected chi connectivity index (χ3v) is 3.83. The number of aryl methyl sites for hydroxylation is 1. The molecule has 1 atom stereocenters. The molecule has 0 unspecified atom stereocenters.